The number of piperazine rings is 1. The smallest absolute Gasteiger partial charge is 0.244 e. The van der Waals surface area contributed by atoms with Crippen molar-refractivity contribution >= 4 is 12.3 Å². The van der Waals surface area contributed by atoms with Crippen molar-refractivity contribution in [2.24, 2.45) is 0 Å². The quantitative estimate of drug-likeness (QED) is 0.598. The minimum atomic E-state index is -0.379. The van der Waals surface area contributed by atoms with Gasteiger partial charge in [0, 0.05) is 25.2 Å². The van der Waals surface area contributed by atoms with Gasteiger partial charge >= 0.3 is 0 Å². The van der Waals surface area contributed by atoms with E-state index in [2.05, 4.69) is 10.6 Å². The highest BCUT2D eigenvalue weighted by atomic mass is 16.2. The summed E-state index contributed by atoms with van der Waals surface area (Å²) in [5.74, 6) is -0.0956. The fourth-order valence-corrected chi connectivity index (χ4v) is 1.54. The van der Waals surface area contributed by atoms with Gasteiger partial charge in [0.1, 0.15) is 6.04 Å². The van der Waals surface area contributed by atoms with Gasteiger partial charge in [-0.1, -0.05) is 0 Å². The zero-order valence-electron chi connectivity index (χ0n) is 9.54. The summed E-state index contributed by atoms with van der Waals surface area (Å²) in [5, 5.41) is 5.98. The van der Waals surface area contributed by atoms with Gasteiger partial charge in [0.15, 0.2) is 0 Å². The van der Waals surface area contributed by atoms with Gasteiger partial charge in [-0.25, -0.2) is 0 Å². The van der Waals surface area contributed by atoms with E-state index in [0.717, 1.165) is 13.0 Å². The van der Waals surface area contributed by atoms with E-state index in [9.17, 15) is 9.59 Å². The molecule has 2 amide bonds. The molecule has 1 fully saturated rings. The predicted octanol–water partition coefficient (Wildman–Crippen LogP) is -0.669. The third-order valence-electron chi connectivity index (χ3n) is 2.22. The molecule has 0 aromatic rings. The lowest BCUT2D eigenvalue weighted by Gasteiger charge is -2.34. The summed E-state index contributed by atoms with van der Waals surface area (Å²) in [4.78, 5) is 24.1. The average Bonchev–Trinajstić information content (AvgIpc) is 2.15. The Morgan fingerprint density at radius 2 is 2.20 bits per heavy atom. The molecule has 15 heavy (non-hydrogen) atoms. The van der Waals surface area contributed by atoms with Crippen molar-refractivity contribution in [3.63, 3.8) is 0 Å². The summed E-state index contributed by atoms with van der Waals surface area (Å²) in [6.07, 6.45) is 0.744. The summed E-state index contributed by atoms with van der Waals surface area (Å²) in [7, 11) is 0. The standard InChI is InChI=1S/C10H19N3O2/c1-10(2,3)12-9(15)8-6-11-4-5-13(8)7-14/h7-8,11H,4-6H2,1-3H3,(H,12,15). The molecule has 2 N–H and O–H groups in total. The van der Waals surface area contributed by atoms with Gasteiger partial charge in [0.05, 0.1) is 0 Å². The first kappa shape index (κ1) is 12.0. The maximum Gasteiger partial charge on any atom is 0.244 e. The van der Waals surface area contributed by atoms with Crippen LogP contribution in [0, 0.1) is 0 Å². The topological polar surface area (TPSA) is 61.4 Å². The van der Waals surface area contributed by atoms with E-state index in [1.54, 1.807) is 0 Å². The number of hydrogen-bond donors (Lipinski definition) is 2. The molecule has 1 saturated heterocycles. The van der Waals surface area contributed by atoms with E-state index in [4.69, 9.17) is 0 Å². The zero-order valence-corrected chi connectivity index (χ0v) is 9.54. The van der Waals surface area contributed by atoms with Crippen LogP contribution in [0.5, 0.6) is 0 Å². The van der Waals surface area contributed by atoms with E-state index in [0.29, 0.717) is 13.1 Å². The van der Waals surface area contributed by atoms with Crippen LogP contribution in [0.1, 0.15) is 20.8 Å². The molecule has 0 bridgehead atoms. The molecule has 1 heterocycles. The van der Waals surface area contributed by atoms with E-state index >= 15 is 0 Å². The molecule has 1 aliphatic heterocycles. The van der Waals surface area contributed by atoms with Gasteiger partial charge in [-0.3, -0.25) is 9.59 Å². The summed E-state index contributed by atoms with van der Waals surface area (Å²) in [5.41, 5.74) is -0.261. The van der Waals surface area contributed by atoms with Crippen molar-refractivity contribution in [2.75, 3.05) is 19.6 Å². The molecule has 0 aromatic heterocycles. The Balaban J connectivity index is 2.60. The van der Waals surface area contributed by atoms with Gasteiger partial charge in [0.25, 0.3) is 0 Å². The van der Waals surface area contributed by atoms with E-state index in [1.807, 2.05) is 20.8 Å². The number of nitrogens with one attached hydrogen (secondary N) is 2. The lowest BCUT2D eigenvalue weighted by atomic mass is 10.1. The predicted molar refractivity (Wildman–Crippen MR) is 57.3 cm³/mol. The second-order valence-corrected chi connectivity index (χ2v) is 4.80. The second kappa shape index (κ2) is 4.61. The molecule has 0 aromatic carbocycles. The highest BCUT2D eigenvalue weighted by molar-refractivity contribution is 5.84. The molecular formula is C10H19N3O2. The normalized spacial score (nSPS) is 22.3. The van der Waals surface area contributed by atoms with Crippen LogP contribution in [0.3, 0.4) is 0 Å². The van der Waals surface area contributed by atoms with Gasteiger partial charge in [-0.05, 0) is 20.8 Å². The Morgan fingerprint density at radius 3 is 2.73 bits per heavy atom. The minimum absolute atomic E-state index is 0.0956. The third-order valence-corrected chi connectivity index (χ3v) is 2.22. The summed E-state index contributed by atoms with van der Waals surface area (Å²) in [6.45, 7) is 7.63. The van der Waals surface area contributed by atoms with Crippen LogP contribution in [0.25, 0.3) is 0 Å². The molecule has 0 spiro atoms. The molecule has 5 heteroatoms. The highest BCUT2D eigenvalue weighted by Crippen LogP contribution is 2.04. The van der Waals surface area contributed by atoms with Crippen LogP contribution in [0.15, 0.2) is 0 Å². The van der Waals surface area contributed by atoms with Crippen molar-refractivity contribution in [2.45, 2.75) is 32.4 Å². The van der Waals surface area contributed by atoms with Gasteiger partial charge in [0.2, 0.25) is 12.3 Å². The zero-order chi connectivity index (χ0) is 11.5. The van der Waals surface area contributed by atoms with Crippen LogP contribution < -0.4 is 10.6 Å². The van der Waals surface area contributed by atoms with Gasteiger partial charge in [-0.15, -0.1) is 0 Å². The molecule has 86 valence electrons. The van der Waals surface area contributed by atoms with Gasteiger partial charge in [-0.2, -0.15) is 0 Å². The number of rotatable bonds is 2. The SMILES string of the molecule is CC(C)(C)NC(=O)C1CNCCN1C=O. The minimum Gasteiger partial charge on any atom is -0.350 e. The van der Waals surface area contributed by atoms with E-state index in [1.165, 1.54) is 4.90 Å². The second-order valence-electron chi connectivity index (χ2n) is 4.80. The summed E-state index contributed by atoms with van der Waals surface area (Å²) < 4.78 is 0. The lowest BCUT2D eigenvalue weighted by Crippen LogP contribution is -2.59. The van der Waals surface area contributed by atoms with Crippen molar-refractivity contribution in [1.29, 1.82) is 0 Å². The number of carbonyl (C=O) groups is 2. The Kier molecular flexibility index (Phi) is 3.68. The first-order valence-electron chi connectivity index (χ1n) is 5.18. The molecule has 1 atom stereocenters. The Hall–Kier alpha value is -1.10. The number of hydrogen-bond acceptors (Lipinski definition) is 3. The molecule has 0 saturated carbocycles. The van der Waals surface area contributed by atoms with Crippen molar-refractivity contribution in [3.8, 4) is 0 Å². The fraction of sp³-hybridized carbons (Fsp3) is 0.800. The largest absolute Gasteiger partial charge is 0.350 e. The maximum absolute atomic E-state index is 11.8. The van der Waals surface area contributed by atoms with Crippen molar-refractivity contribution in [1.82, 2.24) is 15.5 Å². The van der Waals surface area contributed by atoms with Crippen LogP contribution >= 0.6 is 0 Å². The number of nitrogens with zero attached hydrogens (tertiary/aromatic N) is 1. The van der Waals surface area contributed by atoms with Crippen molar-refractivity contribution < 1.29 is 9.59 Å². The number of amides is 2. The first-order valence-corrected chi connectivity index (χ1v) is 5.18. The lowest BCUT2D eigenvalue weighted by molar-refractivity contribution is -0.134. The monoisotopic (exact) mass is 213 g/mol. The number of carbonyl (C=O) groups excluding carboxylic acids is 2. The molecule has 0 radical (unpaired) electrons. The molecule has 5 nitrogen and oxygen atoms in total. The third kappa shape index (κ3) is 3.51. The Labute approximate surface area is 90.2 Å². The van der Waals surface area contributed by atoms with Crippen LogP contribution in [-0.2, 0) is 9.59 Å². The molecule has 0 aliphatic carbocycles. The van der Waals surface area contributed by atoms with Gasteiger partial charge < -0.3 is 15.5 Å². The molecule has 1 rings (SSSR count). The maximum atomic E-state index is 11.8. The Bertz CT molecular complexity index is 248. The fourth-order valence-electron chi connectivity index (χ4n) is 1.54. The summed E-state index contributed by atoms with van der Waals surface area (Å²) in [6, 6.07) is -0.379. The highest BCUT2D eigenvalue weighted by Gasteiger charge is 2.29. The van der Waals surface area contributed by atoms with Crippen LogP contribution in [0.4, 0.5) is 0 Å². The molecule has 1 unspecified atom stereocenters. The molecule has 1 aliphatic rings. The van der Waals surface area contributed by atoms with Crippen molar-refractivity contribution in [3.05, 3.63) is 0 Å². The summed E-state index contributed by atoms with van der Waals surface area (Å²) >= 11 is 0. The first-order chi connectivity index (χ1) is 6.94. The van der Waals surface area contributed by atoms with Crippen LogP contribution in [0.2, 0.25) is 0 Å². The van der Waals surface area contributed by atoms with E-state index < -0.39 is 0 Å². The molecular weight excluding hydrogens is 194 g/mol. The average molecular weight is 213 g/mol. The van der Waals surface area contributed by atoms with E-state index in [-0.39, 0.29) is 17.5 Å². The Morgan fingerprint density at radius 1 is 1.53 bits per heavy atom. The van der Waals surface area contributed by atoms with Crippen LogP contribution in [-0.4, -0.2) is 48.4 Å².